The molecule has 0 fully saturated rings. The van der Waals surface area contributed by atoms with E-state index in [9.17, 15) is 4.39 Å². The molecule has 0 bridgehead atoms. The summed E-state index contributed by atoms with van der Waals surface area (Å²) in [6, 6.07) is 8.04. The summed E-state index contributed by atoms with van der Waals surface area (Å²) in [5.41, 5.74) is 7.02. The summed E-state index contributed by atoms with van der Waals surface area (Å²) in [6.07, 6.45) is 0. The second kappa shape index (κ2) is 5.26. The van der Waals surface area contributed by atoms with Gasteiger partial charge in [-0.05, 0) is 43.7 Å². The molecule has 1 aliphatic rings. The standard InChI is InChI=1S/C16H16FNO3/c1-9-5-15(12(10(2)18)7-13(9)17)21-11-3-4-14-16(6-11)20-8-19-14/h3-7,10H,8,18H2,1-2H3/t10-/m0/s1. The summed E-state index contributed by atoms with van der Waals surface area (Å²) >= 11 is 0. The highest BCUT2D eigenvalue weighted by Gasteiger charge is 2.16. The third-order valence-corrected chi connectivity index (χ3v) is 3.35. The molecule has 3 rings (SSSR count). The van der Waals surface area contributed by atoms with Gasteiger partial charge in [0.15, 0.2) is 11.5 Å². The Labute approximate surface area is 122 Å². The molecule has 2 N–H and O–H groups in total. The monoisotopic (exact) mass is 289 g/mol. The van der Waals surface area contributed by atoms with E-state index in [1.807, 2.05) is 0 Å². The lowest BCUT2D eigenvalue weighted by Gasteiger charge is -2.15. The zero-order valence-electron chi connectivity index (χ0n) is 11.9. The van der Waals surface area contributed by atoms with Gasteiger partial charge in [0.05, 0.1) is 0 Å². The summed E-state index contributed by atoms with van der Waals surface area (Å²) < 4.78 is 30.1. The summed E-state index contributed by atoms with van der Waals surface area (Å²) in [5, 5.41) is 0. The van der Waals surface area contributed by atoms with Crippen LogP contribution in [0.3, 0.4) is 0 Å². The number of rotatable bonds is 3. The van der Waals surface area contributed by atoms with Gasteiger partial charge < -0.3 is 19.9 Å². The lowest BCUT2D eigenvalue weighted by Crippen LogP contribution is -2.08. The maximum atomic E-state index is 13.7. The molecule has 5 heteroatoms. The van der Waals surface area contributed by atoms with E-state index < -0.39 is 0 Å². The third-order valence-electron chi connectivity index (χ3n) is 3.35. The Balaban J connectivity index is 1.95. The van der Waals surface area contributed by atoms with E-state index in [2.05, 4.69) is 0 Å². The first kappa shape index (κ1) is 13.7. The van der Waals surface area contributed by atoms with Crippen molar-refractivity contribution in [3.05, 3.63) is 47.3 Å². The van der Waals surface area contributed by atoms with Gasteiger partial charge in [0, 0.05) is 17.7 Å². The molecule has 1 aliphatic heterocycles. The van der Waals surface area contributed by atoms with Gasteiger partial charge in [0.2, 0.25) is 6.79 Å². The van der Waals surface area contributed by atoms with Gasteiger partial charge in [0.1, 0.15) is 17.3 Å². The quantitative estimate of drug-likeness (QED) is 0.936. The topological polar surface area (TPSA) is 53.7 Å². The second-order valence-electron chi connectivity index (χ2n) is 5.05. The fraction of sp³-hybridized carbons (Fsp3) is 0.250. The molecule has 0 unspecified atom stereocenters. The van der Waals surface area contributed by atoms with E-state index >= 15 is 0 Å². The van der Waals surface area contributed by atoms with Crippen molar-refractivity contribution in [3.8, 4) is 23.0 Å². The summed E-state index contributed by atoms with van der Waals surface area (Å²) in [6.45, 7) is 3.68. The molecule has 0 radical (unpaired) electrons. The summed E-state index contributed by atoms with van der Waals surface area (Å²) in [7, 11) is 0. The largest absolute Gasteiger partial charge is 0.457 e. The zero-order chi connectivity index (χ0) is 15.0. The smallest absolute Gasteiger partial charge is 0.231 e. The normalized spacial score (nSPS) is 14.1. The van der Waals surface area contributed by atoms with Crippen LogP contribution in [0.1, 0.15) is 24.1 Å². The van der Waals surface area contributed by atoms with E-state index in [1.165, 1.54) is 6.07 Å². The maximum absolute atomic E-state index is 13.7. The minimum atomic E-state index is -0.330. The predicted octanol–water partition coefficient (Wildman–Crippen LogP) is 3.67. The SMILES string of the molecule is Cc1cc(Oc2ccc3c(c2)OCO3)c([C@H](C)N)cc1F. The van der Waals surface area contributed by atoms with E-state index in [-0.39, 0.29) is 18.7 Å². The van der Waals surface area contributed by atoms with Crippen molar-refractivity contribution in [2.75, 3.05) is 6.79 Å². The van der Waals surface area contributed by atoms with Gasteiger partial charge in [-0.1, -0.05) is 0 Å². The first-order valence-corrected chi connectivity index (χ1v) is 6.67. The Bertz CT molecular complexity index is 685. The molecule has 0 saturated carbocycles. The maximum Gasteiger partial charge on any atom is 0.231 e. The first-order chi connectivity index (χ1) is 10.0. The Morgan fingerprint density at radius 1 is 1.19 bits per heavy atom. The second-order valence-corrected chi connectivity index (χ2v) is 5.05. The molecule has 0 saturated heterocycles. The van der Waals surface area contributed by atoms with Crippen LogP contribution in [-0.2, 0) is 0 Å². The molecule has 0 aliphatic carbocycles. The van der Waals surface area contributed by atoms with Gasteiger partial charge in [-0.2, -0.15) is 0 Å². The van der Waals surface area contributed by atoms with Crippen LogP contribution in [0.15, 0.2) is 30.3 Å². The number of aryl methyl sites for hydroxylation is 1. The number of hydrogen-bond donors (Lipinski definition) is 1. The van der Waals surface area contributed by atoms with Crippen LogP contribution < -0.4 is 19.9 Å². The van der Waals surface area contributed by atoms with Crippen LogP contribution in [-0.4, -0.2) is 6.79 Å². The van der Waals surface area contributed by atoms with Crippen molar-refractivity contribution < 1.29 is 18.6 Å². The average molecular weight is 289 g/mol. The highest BCUT2D eigenvalue weighted by Crippen LogP contribution is 2.38. The Morgan fingerprint density at radius 2 is 1.95 bits per heavy atom. The van der Waals surface area contributed by atoms with Gasteiger partial charge in [-0.15, -0.1) is 0 Å². The molecule has 1 heterocycles. The summed E-state index contributed by atoms with van der Waals surface area (Å²) in [5.74, 6) is 2.16. The zero-order valence-corrected chi connectivity index (χ0v) is 11.9. The van der Waals surface area contributed by atoms with Gasteiger partial charge >= 0.3 is 0 Å². The number of nitrogens with two attached hydrogens (primary N) is 1. The number of hydrogen-bond acceptors (Lipinski definition) is 4. The lowest BCUT2D eigenvalue weighted by molar-refractivity contribution is 0.174. The van der Waals surface area contributed by atoms with Gasteiger partial charge in [0.25, 0.3) is 0 Å². The van der Waals surface area contributed by atoms with Crippen LogP contribution in [0.5, 0.6) is 23.0 Å². The van der Waals surface area contributed by atoms with E-state index in [0.717, 1.165) is 0 Å². The molecule has 0 spiro atoms. The van der Waals surface area contributed by atoms with Crippen molar-refractivity contribution in [2.24, 2.45) is 5.73 Å². The molecule has 21 heavy (non-hydrogen) atoms. The minimum absolute atomic E-state index is 0.208. The lowest BCUT2D eigenvalue weighted by atomic mass is 10.1. The van der Waals surface area contributed by atoms with Crippen molar-refractivity contribution >= 4 is 0 Å². The van der Waals surface area contributed by atoms with Crippen LogP contribution in [0.25, 0.3) is 0 Å². The van der Waals surface area contributed by atoms with Crippen LogP contribution in [0.2, 0.25) is 0 Å². The molecule has 2 aromatic rings. The Hall–Kier alpha value is -2.27. The number of halogens is 1. The first-order valence-electron chi connectivity index (χ1n) is 6.67. The molecular weight excluding hydrogens is 273 g/mol. The van der Waals surface area contributed by atoms with Crippen molar-refractivity contribution in [3.63, 3.8) is 0 Å². The molecule has 0 amide bonds. The van der Waals surface area contributed by atoms with Crippen molar-refractivity contribution in [1.29, 1.82) is 0 Å². The number of benzene rings is 2. The Morgan fingerprint density at radius 3 is 2.71 bits per heavy atom. The molecule has 2 aromatic carbocycles. The highest BCUT2D eigenvalue weighted by atomic mass is 19.1. The Kier molecular flexibility index (Phi) is 3.43. The highest BCUT2D eigenvalue weighted by molar-refractivity contribution is 5.49. The van der Waals surface area contributed by atoms with Crippen molar-refractivity contribution in [1.82, 2.24) is 0 Å². The molecule has 1 atom stereocenters. The molecule has 110 valence electrons. The number of fused-ring (bicyclic) bond motifs is 1. The molecule has 0 aromatic heterocycles. The average Bonchev–Trinajstić information content (AvgIpc) is 2.89. The third kappa shape index (κ3) is 2.64. The van der Waals surface area contributed by atoms with Gasteiger partial charge in [-0.3, -0.25) is 0 Å². The van der Waals surface area contributed by atoms with Crippen LogP contribution in [0, 0.1) is 12.7 Å². The fourth-order valence-electron chi connectivity index (χ4n) is 2.18. The fourth-order valence-corrected chi connectivity index (χ4v) is 2.18. The van der Waals surface area contributed by atoms with Crippen LogP contribution >= 0.6 is 0 Å². The van der Waals surface area contributed by atoms with Crippen LogP contribution in [0.4, 0.5) is 4.39 Å². The predicted molar refractivity (Wildman–Crippen MR) is 76.4 cm³/mol. The van der Waals surface area contributed by atoms with Crippen molar-refractivity contribution in [2.45, 2.75) is 19.9 Å². The van der Waals surface area contributed by atoms with E-state index in [1.54, 1.807) is 38.1 Å². The van der Waals surface area contributed by atoms with E-state index in [0.29, 0.717) is 34.1 Å². The summed E-state index contributed by atoms with van der Waals surface area (Å²) in [4.78, 5) is 0. The van der Waals surface area contributed by atoms with E-state index in [4.69, 9.17) is 19.9 Å². The van der Waals surface area contributed by atoms with Gasteiger partial charge in [-0.25, -0.2) is 4.39 Å². The molecule has 4 nitrogen and oxygen atoms in total. The molecular formula is C16H16FNO3. The minimum Gasteiger partial charge on any atom is -0.457 e. The number of ether oxygens (including phenoxy) is 3.